The van der Waals surface area contributed by atoms with Gasteiger partial charge in [-0.15, -0.1) is 0 Å². The molecule has 0 bridgehead atoms. The molecule has 1 unspecified atom stereocenters. The number of carboxylic acid groups (broad SMARTS) is 1. The van der Waals surface area contributed by atoms with Crippen molar-refractivity contribution < 1.29 is 28.2 Å². The standard InChI is InChI=1S/C7H14N2O6S/c8-7(13)5(10)4-9-16(14,15)3-1-2-6(11)12/h5,9-10H,1-4H2,(H2,8,13)(H,11,12). The monoisotopic (exact) mass is 254 g/mol. The summed E-state index contributed by atoms with van der Waals surface area (Å²) >= 11 is 0. The lowest BCUT2D eigenvalue weighted by Crippen LogP contribution is -2.40. The minimum Gasteiger partial charge on any atom is -0.481 e. The second-order valence-corrected chi connectivity index (χ2v) is 5.01. The van der Waals surface area contributed by atoms with E-state index in [2.05, 4.69) is 0 Å². The molecule has 8 nitrogen and oxygen atoms in total. The van der Waals surface area contributed by atoms with Crippen LogP contribution in [0.3, 0.4) is 0 Å². The number of rotatable bonds is 8. The average molecular weight is 254 g/mol. The van der Waals surface area contributed by atoms with Crippen molar-refractivity contribution in [3.8, 4) is 0 Å². The van der Waals surface area contributed by atoms with Crippen molar-refractivity contribution in [3.63, 3.8) is 0 Å². The Morgan fingerprint density at radius 1 is 1.38 bits per heavy atom. The highest BCUT2D eigenvalue weighted by Crippen LogP contribution is 1.95. The molecule has 1 atom stereocenters. The number of primary amides is 1. The van der Waals surface area contributed by atoms with Crippen LogP contribution in [0.1, 0.15) is 12.8 Å². The molecular weight excluding hydrogens is 240 g/mol. The topological polar surface area (TPSA) is 147 Å². The van der Waals surface area contributed by atoms with Gasteiger partial charge in [-0.1, -0.05) is 0 Å². The Labute approximate surface area is 92.5 Å². The van der Waals surface area contributed by atoms with E-state index in [1.807, 2.05) is 4.72 Å². The smallest absolute Gasteiger partial charge is 0.303 e. The zero-order valence-electron chi connectivity index (χ0n) is 8.42. The zero-order valence-corrected chi connectivity index (χ0v) is 9.24. The normalized spacial score (nSPS) is 13.3. The van der Waals surface area contributed by atoms with E-state index in [0.29, 0.717) is 0 Å². The second-order valence-electron chi connectivity index (χ2n) is 3.08. The third-order valence-corrected chi connectivity index (χ3v) is 3.06. The number of aliphatic hydroxyl groups excluding tert-OH is 1. The van der Waals surface area contributed by atoms with E-state index in [0.717, 1.165) is 0 Å². The number of nitrogens with one attached hydrogen (secondary N) is 1. The molecule has 94 valence electrons. The summed E-state index contributed by atoms with van der Waals surface area (Å²) < 4.78 is 24.3. The van der Waals surface area contributed by atoms with Crippen molar-refractivity contribution in [2.75, 3.05) is 12.3 Å². The lowest BCUT2D eigenvalue weighted by atomic mass is 10.3. The van der Waals surface area contributed by atoms with E-state index in [1.165, 1.54) is 0 Å². The quantitative estimate of drug-likeness (QED) is 0.380. The van der Waals surface area contributed by atoms with Crippen LogP contribution in [-0.2, 0) is 19.6 Å². The molecule has 0 heterocycles. The van der Waals surface area contributed by atoms with Gasteiger partial charge in [0.15, 0.2) is 0 Å². The number of carbonyl (C=O) groups excluding carboxylic acids is 1. The fourth-order valence-corrected chi connectivity index (χ4v) is 1.87. The van der Waals surface area contributed by atoms with Gasteiger partial charge in [0.05, 0.1) is 5.75 Å². The van der Waals surface area contributed by atoms with Gasteiger partial charge in [-0.2, -0.15) is 0 Å². The molecule has 9 heteroatoms. The van der Waals surface area contributed by atoms with Gasteiger partial charge in [-0.3, -0.25) is 9.59 Å². The van der Waals surface area contributed by atoms with Gasteiger partial charge in [0, 0.05) is 13.0 Å². The van der Waals surface area contributed by atoms with Gasteiger partial charge in [-0.25, -0.2) is 13.1 Å². The highest BCUT2D eigenvalue weighted by atomic mass is 32.2. The first kappa shape index (κ1) is 14.8. The SMILES string of the molecule is NC(=O)C(O)CNS(=O)(=O)CCCC(=O)O. The number of carboxylic acids is 1. The predicted octanol–water partition coefficient (Wildman–Crippen LogP) is -2.38. The minimum absolute atomic E-state index is 0.0443. The van der Waals surface area contributed by atoms with Crippen LogP contribution in [0, 0.1) is 0 Å². The molecule has 0 fully saturated rings. The number of hydrogen-bond donors (Lipinski definition) is 4. The maximum Gasteiger partial charge on any atom is 0.303 e. The van der Waals surface area contributed by atoms with Crippen LogP contribution in [0.15, 0.2) is 0 Å². The van der Waals surface area contributed by atoms with Gasteiger partial charge < -0.3 is 15.9 Å². The fraction of sp³-hybridized carbons (Fsp3) is 0.714. The molecular formula is C7H14N2O6S. The van der Waals surface area contributed by atoms with Crippen molar-refractivity contribution in [2.24, 2.45) is 5.73 Å². The van der Waals surface area contributed by atoms with Crippen LogP contribution in [0.4, 0.5) is 0 Å². The molecule has 0 rings (SSSR count). The number of sulfonamides is 1. The second kappa shape index (κ2) is 6.40. The van der Waals surface area contributed by atoms with E-state index in [4.69, 9.17) is 15.9 Å². The third-order valence-electron chi connectivity index (χ3n) is 1.63. The minimum atomic E-state index is -3.69. The molecule has 0 saturated carbocycles. The number of aliphatic carboxylic acids is 1. The number of amides is 1. The first-order valence-electron chi connectivity index (χ1n) is 4.41. The molecule has 0 aliphatic carbocycles. The van der Waals surface area contributed by atoms with E-state index >= 15 is 0 Å². The molecule has 0 aromatic carbocycles. The molecule has 0 radical (unpaired) electrons. The van der Waals surface area contributed by atoms with E-state index in [9.17, 15) is 18.0 Å². The Kier molecular flexibility index (Phi) is 5.93. The van der Waals surface area contributed by atoms with Crippen molar-refractivity contribution in [3.05, 3.63) is 0 Å². The van der Waals surface area contributed by atoms with Crippen molar-refractivity contribution >= 4 is 21.9 Å². The molecule has 16 heavy (non-hydrogen) atoms. The van der Waals surface area contributed by atoms with Crippen LogP contribution in [0.25, 0.3) is 0 Å². The zero-order chi connectivity index (χ0) is 12.8. The Hall–Kier alpha value is -1.19. The summed E-state index contributed by atoms with van der Waals surface area (Å²) in [7, 11) is -3.69. The average Bonchev–Trinajstić information content (AvgIpc) is 2.13. The first-order chi connectivity index (χ1) is 7.24. The van der Waals surface area contributed by atoms with Crippen molar-refractivity contribution in [1.82, 2.24) is 4.72 Å². The van der Waals surface area contributed by atoms with Gasteiger partial charge in [0.2, 0.25) is 15.9 Å². The number of nitrogens with two attached hydrogens (primary N) is 1. The molecule has 1 amide bonds. The Morgan fingerprint density at radius 2 is 1.94 bits per heavy atom. The van der Waals surface area contributed by atoms with Crippen LogP contribution in [0.5, 0.6) is 0 Å². The van der Waals surface area contributed by atoms with Crippen LogP contribution >= 0.6 is 0 Å². The molecule has 0 aliphatic rings. The summed E-state index contributed by atoms with van der Waals surface area (Å²) in [5.41, 5.74) is 4.70. The van der Waals surface area contributed by atoms with Crippen LogP contribution in [-0.4, -0.2) is 48.9 Å². The molecule has 0 aliphatic heterocycles. The lowest BCUT2D eigenvalue weighted by molar-refractivity contribution is -0.137. The molecule has 0 aromatic rings. The number of carbonyl (C=O) groups is 2. The third kappa shape index (κ3) is 7.15. The fourth-order valence-electron chi connectivity index (χ4n) is 0.792. The van der Waals surface area contributed by atoms with Crippen molar-refractivity contribution in [1.29, 1.82) is 0 Å². The van der Waals surface area contributed by atoms with E-state index in [1.54, 1.807) is 0 Å². The van der Waals surface area contributed by atoms with Gasteiger partial charge >= 0.3 is 5.97 Å². The number of hydrogen-bond acceptors (Lipinski definition) is 5. The van der Waals surface area contributed by atoms with E-state index in [-0.39, 0.29) is 18.6 Å². The Balaban J connectivity index is 3.97. The van der Waals surface area contributed by atoms with Crippen LogP contribution < -0.4 is 10.5 Å². The summed E-state index contributed by atoms with van der Waals surface area (Å²) in [6, 6.07) is 0. The summed E-state index contributed by atoms with van der Waals surface area (Å²) in [5.74, 6) is -2.51. The Bertz CT molecular complexity index is 352. The number of aliphatic hydroxyl groups is 1. The summed E-state index contributed by atoms with van der Waals surface area (Å²) in [6.45, 7) is -0.509. The molecule has 0 spiro atoms. The molecule has 0 aromatic heterocycles. The summed E-state index contributed by atoms with van der Waals surface area (Å²) in [4.78, 5) is 20.5. The van der Waals surface area contributed by atoms with Gasteiger partial charge in [0.25, 0.3) is 0 Å². The predicted molar refractivity (Wildman–Crippen MR) is 53.9 cm³/mol. The van der Waals surface area contributed by atoms with Crippen molar-refractivity contribution in [2.45, 2.75) is 18.9 Å². The largest absolute Gasteiger partial charge is 0.481 e. The van der Waals surface area contributed by atoms with Crippen LogP contribution in [0.2, 0.25) is 0 Å². The van der Waals surface area contributed by atoms with Gasteiger partial charge in [-0.05, 0) is 6.42 Å². The first-order valence-corrected chi connectivity index (χ1v) is 6.06. The Morgan fingerprint density at radius 3 is 2.38 bits per heavy atom. The summed E-state index contributed by atoms with van der Waals surface area (Å²) in [6.07, 6.45) is -1.90. The maximum absolute atomic E-state index is 11.2. The maximum atomic E-state index is 11.2. The van der Waals surface area contributed by atoms with Gasteiger partial charge in [0.1, 0.15) is 6.10 Å². The van der Waals surface area contributed by atoms with E-state index < -0.39 is 34.5 Å². The molecule has 5 N–H and O–H groups in total. The highest BCUT2D eigenvalue weighted by molar-refractivity contribution is 7.89. The summed E-state index contributed by atoms with van der Waals surface area (Å²) in [5, 5.41) is 17.2. The molecule has 0 saturated heterocycles. The lowest BCUT2D eigenvalue weighted by Gasteiger charge is -2.08. The highest BCUT2D eigenvalue weighted by Gasteiger charge is 2.16.